The Bertz CT molecular complexity index is 974. The van der Waals surface area contributed by atoms with Gasteiger partial charge in [-0.3, -0.25) is 19.7 Å². The van der Waals surface area contributed by atoms with Crippen molar-refractivity contribution in [3.8, 4) is 6.07 Å². The Morgan fingerprint density at radius 3 is 2.63 bits per heavy atom. The zero-order valence-corrected chi connectivity index (χ0v) is 14.8. The van der Waals surface area contributed by atoms with E-state index in [2.05, 4.69) is 0 Å². The summed E-state index contributed by atoms with van der Waals surface area (Å²) in [5.41, 5.74) is 0.268. The van der Waals surface area contributed by atoms with Crippen LogP contribution in [0.3, 0.4) is 0 Å². The van der Waals surface area contributed by atoms with E-state index < -0.39 is 23.0 Å². The number of benzene rings is 1. The number of pyridine rings is 1. The van der Waals surface area contributed by atoms with Gasteiger partial charge in [0.25, 0.3) is 11.2 Å². The van der Waals surface area contributed by atoms with Crippen LogP contribution in [0.2, 0.25) is 0 Å². The Kier molecular flexibility index (Phi) is 6.41. The third-order valence-electron chi connectivity index (χ3n) is 3.86. The molecule has 0 radical (unpaired) electrons. The van der Waals surface area contributed by atoms with Crippen LogP contribution in [0.15, 0.2) is 35.1 Å². The molecule has 0 spiro atoms. The third kappa shape index (κ3) is 4.56. The van der Waals surface area contributed by atoms with E-state index in [0.29, 0.717) is 11.3 Å². The molecule has 0 saturated carbocycles. The van der Waals surface area contributed by atoms with Crippen molar-refractivity contribution in [1.29, 1.82) is 5.26 Å². The van der Waals surface area contributed by atoms with Crippen molar-refractivity contribution in [2.45, 2.75) is 26.7 Å². The van der Waals surface area contributed by atoms with Crippen LogP contribution in [0, 0.1) is 28.4 Å². The van der Waals surface area contributed by atoms with Crippen LogP contribution in [0.4, 0.5) is 5.69 Å². The van der Waals surface area contributed by atoms with E-state index in [1.54, 1.807) is 19.1 Å². The van der Waals surface area contributed by atoms with Crippen LogP contribution < -0.4 is 5.56 Å². The van der Waals surface area contributed by atoms with E-state index in [1.807, 2.05) is 6.07 Å². The molecule has 140 valence electrons. The van der Waals surface area contributed by atoms with Gasteiger partial charge >= 0.3 is 5.97 Å². The largest absolute Gasteiger partial charge is 0.459 e. The molecule has 1 heterocycles. The smallest absolute Gasteiger partial charge is 0.326 e. The summed E-state index contributed by atoms with van der Waals surface area (Å²) in [6.07, 6.45) is 0. The predicted octanol–water partition coefficient (Wildman–Crippen LogP) is 1.83. The van der Waals surface area contributed by atoms with Gasteiger partial charge in [-0.15, -0.1) is 0 Å². The number of hydrogen-bond donors (Lipinski definition) is 0. The van der Waals surface area contributed by atoms with Crippen LogP contribution in [-0.2, 0) is 34.0 Å². The molecule has 0 aliphatic heterocycles. The number of hydrogen-bond acceptors (Lipinski definition) is 7. The quantitative estimate of drug-likeness (QED) is 0.413. The summed E-state index contributed by atoms with van der Waals surface area (Å²) in [6.45, 7) is 1.02. The van der Waals surface area contributed by atoms with E-state index in [0.717, 1.165) is 4.57 Å². The van der Waals surface area contributed by atoms with Crippen LogP contribution >= 0.6 is 0 Å². The van der Waals surface area contributed by atoms with Gasteiger partial charge in [0.15, 0.2) is 0 Å². The second-order valence-electron chi connectivity index (χ2n) is 5.67. The zero-order chi connectivity index (χ0) is 20.0. The lowest BCUT2D eigenvalue weighted by atomic mass is 10.1. The second kappa shape index (κ2) is 8.73. The first-order valence-corrected chi connectivity index (χ1v) is 7.89. The maximum absolute atomic E-state index is 12.5. The number of carbonyl (C=O) groups excluding carboxylic acids is 1. The highest BCUT2D eigenvalue weighted by molar-refractivity contribution is 5.69. The van der Waals surface area contributed by atoms with Crippen molar-refractivity contribution in [2.24, 2.45) is 0 Å². The van der Waals surface area contributed by atoms with Gasteiger partial charge in [0.1, 0.15) is 24.8 Å². The number of nitro groups is 1. The van der Waals surface area contributed by atoms with Crippen LogP contribution in [-0.4, -0.2) is 22.6 Å². The first-order valence-electron chi connectivity index (χ1n) is 7.89. The molecule has 0 bridgehead atoms. The summed E-state index contributed by atoms with van der Waals surface area (Å²) in [5.74, 6) is -0.748. The fourth-order valence-corrected chi connectivity index (χ4v) is 2.56. The molecule has 2 aromatic rings. The number of para-hydroxylation sites is 1. The Labute approximate surface area is 154 Å². The minimum atomic E-state index is -0.748. The molecule has 9 nitrogen and oxygen atoms in total. The standard InChI is InChI=1S/C18H17N3O6/c1-12-7-14(10-26-2)15(8-19)18(23)20(12)9-17(22)27-11-13-5-3-4-6-16(13)21(24)25/h3-7H,9-11H2,1-2H3. The number of aryl methyl sites for hydroxylation is 1. The molecule has 2 rings (SSSR count). The van der Waals surface area contributed by atoms with Gasteiger partial charge in [-0.1, -0.05) is 12.1 Å². The summed E-state index contributed by atoms with van der Waals surface area (Å²) < 4.78 is 11.2. The first-order chi connectivity index (χ1) is 12.9. The number of nitrogens with zero attached hydrogens (tertiary/aromatic N) is 3. The van der Waals surface area contributed by atoms with Gasteiger partial charge in [-0.2, -0.15) is 5.26 Å². The summed E-state index contributed by atoms with van der Waals surface area (Å²) in [7, 11) is 1.45. The Morgan fingerprint density at radius 2 is 2.00 bits per heavy atom. The molecule has 0 N–H and O–H groups in total. The van der Waals surface area contributed by atoms with Crippen LogP contribution in [0.1, 0.15) is 22.4 Å². The molecule has 27 heavy (non-hydrogen) atoms. The minimum Gasteiger partial charge on any atom is -0.459 e. The normalized spacial score (nSPS) is 10.3. The summed E-state index contributed by atoms with van der Waals surface area (Å²) in [6, 6.07) is 9.32. The molecule has 0 aliphatic carbocycles. The van der Waals surface area contributed by atoms with Gasteiger partial charge in [0.05, 0.1) is 17.1 Å². The van der Waals surface area contributed by atoms with Crippen molar-refractivity contribution in [3.05, 3.63) is 73.2 Å². The Morgan fingerprint density at radius 1 is 1.30 bits per heavy atom. The molecule has 1 aromatic heterocycles. The van der Waals surface area contributed by atoms with Crippen LogP contribution in [0.5, 0.6) is 0 Å². The lowest BCUT2D eigenvalue weighted by Gasteiger charge is -2.13. The van der Waals surface area contributed by atoms with E-state index in [1.165, 1.54) is 25.3 Å². The molecule has 0 atom stereocenters. The maximum Gasteiger partial charge on any atom is 0.326 e. The van der Waals surface area contributed by atoms with E-state index >= 15 is 0 Å². The maximum atomic E-state index is 12.5. The summed E-state index contributed by atoms with van der Waals surface area (Å²) in [4.78, 5) is 35.0. The SMILES string of the molecule is COCc1cc(C)n(CC(=O)OCc2ccccc2[N+](=O)[O-])c(=O)c1C#N. The minimum absolute atomic E-state index is 0.0991. The molecule has 0 saturated heterocycles. The van der Waals surface area contributed by atoms with Crippen molar-refractivity contribution in [1.82, 2.24) is 4.57 Å². The second-order valence-corrected chi connectivity index (χ2v) is 5.67. The Hall–Kier alpha value is -3.51. The van der Waals surface area contributed by atoms with Crippen molar-refractivity contribution < 1.29 is 19.2 Å². The highest BCUT2D eigenvalue weighted by Crippen LogP contribution is 2.18. The number of rotatable bonds is 7. The van der Waals surface area contributed by atoms with Gasteiger partial charge in [0.2, 0.25) is 0 Å². The lowest BCUT2D eigenvalue weighted by molar-refractivity contribution is -0.385. The molecule has 0 unspecified atom stereocenters. The molecule has 0 amide bonds. The number of esters is 1. The predicted molar refractivity (Wildman–Crippen MR) is 93.8 cm³/mol. The Balaban J connectivity index is 2.19. The molecule has 0 fully saturated rings. The monoisotopic (exact) mass is 371 g/mol. The average molecular weight is 371 g/mol. The van der Waals surface area contributed by atoms with Gasteiger partial charge in [-0.25, -0.2) is 0 Å². The van der Waals surface area contributed by atoms with Crippen molar-refractivity contribution in [3.63, 3.8) is 0 Å². The molecule has 9 heteroatoms. The highest BCUT2D eigenvalue weighted by Gasteiger charge is 2.17. The van der Waals surface area contributed by atoms with Crippen molar-refractivity contribution in [2.75, 3.05) is 7.11 Å². The number of nitriles is 1. The summed E-state index contributed by atoms with van der Waals surface area (Å²) in [5, 5.41) is 20.2. The van der Waals surface area contributed by atoms with Gasteiger partial charge < -0.3 is 14.0 Å². The fraction of sp³-hybridized carbons (Fsp3) is 0.278. The van der Waals surface area contributed by atoms with Gasteiger partial charge in [0, 0.05) is 24.4 Å². The number of ether oxygens (including phenoxy) is 2. The van der Waals surface area contributed by atoms with Crippen molar-refractivity contribution >= 4 is 11.7 Å². The molecule has 1 aromatic carbocycles. The number of aromatic nitrogens is 1. The van der Waals surface area contributed by atoms with Gasteiger partial charge in [-0.05, 0) is 19.1 Å². The topological polar surface area (TPSA) is 124 Å². The van der Waals surface area contributed by atoms with E-state index in [9.17, 15) is 25.0 Å². The fourth-order valence-electron chi connectivity index (χ4n) is 2.56. The van der Waals surface area contributed by atoms with E-state index in [-0.39, 0.29) is 30.0 Å². The van der Waals surface area contributed by atoms with E-state index in [4.69, 9.17) is 9.47 Å². The third-order valence-corrected chi connectivity index (χ3v) is 3.86. The number of nitro benzene ring substituents is 1. The first kappa shape index (κ1) is 19.8. The average Bonchev–Trinajstić information content (AvgIpc) is 2.64. The number of carbonyl (C=O) groups is 1. The summed E-state index contributed by atoms with van der Waals surface area (Å²) >= 11 is 0. The zero-order valence-electron chi connectivity index (χ0n) is 14.8. The number of methoxy groups -OCH3 is 1. The molecule has 0 aliphatic rings. The molecular formula is C18H17N3O6. The highest BCUT2D eigenvalue weighted by atomic mass is 16.6. The van der Waals surface area contributed by atoms with Crippen LogP contribution in [0.25, 0.3) is 0 Å². The molecular weight excluding hydrogens is 354 g/mol. The lowest BCUT2D eigenvalue weighted by Crippen LogP contribution is -2.30.